The van der Waals surface area contributed by atoms with Crippen molar-refractivity contribution in [3.63, 3.8) is 0 Å². The average molecular weight is 284 g/mol. The SMILES string of the molecule is CCCCCCCCCCCNC(CCC)CCCC. The Kier molecular flexibility index (Phi) is 17.0. The maximum Gasteiger partial charge on any atom is 0.00669 e. The average Bonchev–Trinajstić information content (AvgIpc) is 2.46. The maximum absolute atomic E-state index is 3.77. The molecule has 0 aliphatic carbocycles. The molecule has 0 aliphatic rings. The molecule has 0 rings (SSSR count). The van der Waals surface area contributed by atoms with Gasteiger partial charge in [-0.15, -0.1) is 0 Å². The molecule has 0 spiro atoms. The van der Waals surface area contributed by atoms with Crippen molar-refractivity contribution in [1.29, 1.82) is 0 Å². The lowest BCUT2D eigenvalue weighted by Gasteiger charge is -2.17. The molecular weight excluding hydrogens is 242 g/mol. The fraction of sp³-hybridized carbons (Fsp3) is 1.00. The number of unbranched alkanes of at least 4 members (excludes halogenated alkanes) is 9. The molecule has 0 aliphatic heterocycles. The lowest BCUT2D eigenvalue weighted by atomic mass is 10.0. The third-order valence-electron chi connectivity index (χ3n) is 4.26. The third kappa shape index (κ3) is 14.4. The van der Waals surface area contributed by atoms with E-state index in [1.807, 2.05) is 0 Å². The summed E-state index contributed by atoms with van der Waals surface area (Å²) in [5.41, 5.74) is 0. The van der Waals surface area contributed by atoms with Crippen molar-refractivity contribution in [3.8, 4) is 0 Å². The van der Waals surface area contributed by atoms with Gasteiger partial charge in [0.05, 0.1) is 0 Å². The number of hydrogen-bond acceptors (Lipinski definition) is 1. The standard InChI is InChI=1S/C19H41N/c1-4-7-9-10-11-12-13-14-15-18-20-19(16-6-3)17-8-5-2/h19-20H,4-18H2,1-3H3. The summed E-state index contributed by atoms with van der Waals surface area (Å²) >= 11 is 0. The molecule has 0 radical (unpaired) electrons. The van der Waals surface area contributed by atoms with Crippen LogP contribution in [0.2, 0.25) is 0 Å². The van der Waals surface area contributed by atoms with Gasteiger partial charge in [0.1, 0.15) is 0 Å². The second kappa shape index (κ2) is 17.0. The van der Waals surface area contributed by atoms with E-state index in [0.717, 1.165) is 6.04 Å². The maximum atomic E-state index is 3.77. The minimum absolute atomic E-state index is 0.786. The largest absolute Gasteiger partial charge is 0.314 e. The summed E-state index contributed by atoms with van der Waals surface area (Å²) in [6.07, 6.45) is 19.6. The van der Waals surface area contributed by atoms with E-state index in [9.17, 15) is 0 Å². The van der Waals surface area contributed by atoms with Crippen molar-refractivity contribution in [1.82, 2.24) is 5.32 Å². The Balaban J connectivity index is 3.27. The van der Waals surface area contributed by atoms with E-state index < -0.39 is 0 Å². The van der Waals surface area contributed by atoms with Gasteiger partial charge in [-0.3, -0.25) is 0 Å². The van der Waals surface area contributed by atoms with Gasteiger partial charge in [0, 0.05) is 6.04 Å². The van der Waals surface area contributed by atoms with Crippen molar-refractivity contribution in [2.24, 2.45) is 0 Å². The first-order valence-electron chi connectivity index (χ1n) is 9.58. The van der Waals surface area contributed by atoms with Gasteiger partial charge in [-0.25, -0.2) is 0 Å². The van der Waals surface area contributed by atoms with Crippen LogP contribution in [0.3, 0.4) is 0 Å². The fourth-order valence-corrected chi connectivity index (χ4v) is 2.89. The quantitative estimate of drug-likeness (QED) is 0.320. The summed E-state index contributed by atoms with van der Waals surface area (Å²) in [6, 6.07) is 0.786. The molecule has 0 aromatic rings. The van der Waals surface area contributed by atoms with Crippen molar-refractivity contribution in [2.45, 2.75) is 117 Å². The highest BCUT2D eigenvalue weighted by Crippen LogP contribution is 2.10. The van der Waals surface area contributed by atoms with E-state index in [-0.39, 0.29) is 0 Å². The van der Waals surface area contributed by atoms with Gasteiger partial charge in [-0.2, -0.15) is 0 Å². The van der Waals surface area contributed by atoms with Gasteiger partial charge in [0.15, 0.2) is 0 Å². The molecule has 1 N–H and O–H groups in total. The summed E-state index contributed by atoms with van der Waals surface area (Å²) < 4.78 is 0. The first kappa shape index (κ1) is 20.0. The topological polar surface area (TPSA) is 12.0 Å². The number of hydrogen-bond donors (Lipinski definition) is 1. The fourth-order valence-electron chi connectivity index (χ4n) is 2.89. The van der Waals surface area contributed by atoms with E-state index in [4.69, 9.17) is 0 Å². The minimum Gasteiger partial charge on any atom is -0.314 e. The Hall–Kier alpha value is -0.0400. The molecule has 0 heterocycles. The smallest absolute Gasteiger partial charge is 0.00669 e. The van der Waals surface area contributed by atoms with Crippen LogP contribution in [0.5, 0.6) is 0 Å². The van der Waals surface area contributed by atoms with Crippen LogP contribution in [0.25, 0.3) is 0 Å². The van der Waals surface area contributed by atoms with Gasteiger partial charge in [-0.1, -0.05) is 91.4 Å². The van der Waals surface area contributed by atoms with Crippen molar-refractivity contribution in [3.05, 3.63) is 0 Å². The number of nitrogens with one attached hydrogen (secondary N) is 1. The Bertz CT molecular complexity index is 167. The highest BCUT2D eigenvalue weighted by molar-refractivity contribution is 4.66. The highest BCUT2D eigenvalue weighted by Gasteiger charge is 2.05. The van der Waals surface area contributed by atoms with Crippen LogP contribution < -0.4 is 5.32 Å². The van der Waals surface area contributed by atoms with E-state index in [1.165, 1.54) is 96.4 Å². The Morgan fingerprint density at radius 2 is 1.10 bits per heavy atom. The summed E-state index contributed by atoms with van der Waals surface area (Å²) in [5, 5.41) is 3.77. The monoisotopic (exact) mass is 283 g/mol. The Labute approximate surface area is 129 Å². The molecule has 0 aromatic carbocycles. The zero-order valence-corrected chi connectivity index (χ0v) is 14.7. The highest BCUT2D eigenvalue weighted by atomic mass is 14.9. The Morgan fingerprint density at radius 1 is 0.550 bits per heavy atom. The van der Waals surface area contributed by atoms with Crippen LogP contribution in [0, 0.1) is 0 Å². The molecule has 20 heavy (non-hydrogen) atoms. The molecular formula is C19H41N. The molecule has 1 unspecified atom stereocenters. The van der Waals surface area contributed by atoms with Gasteiger partial charge in [0.2, 0.25) is 0 Å². The van der Waals surface area contributed by atoms with Gasteiger partial charge >= 0.3 is 0 Å². The van der Waals surface area contributed by atoms with Crippen LogP contribution in [0.1, 0.15) is 111 Å². The van der Waals surface area contributed by atoms with Crippen LogP contribution >= 0.6 is 0 Å². The van der Waals surface area contributed by atoms with Crippen LogP contribution in [0.4, 0.5) is 0 Å². The van der Waals surface area contributed by atoms with Crippen molar-refractivity contribution < 1.29 is 0 Å². The first-order chi connectivity index (χ1) is 9.85. The molecule has 0 fully saturated rings. The molecule has 1 atom stereocenters. The van der Waals surface area contributed by atoms with E-state index >= 15 is 0 Å². The molecule has 0 aromatic heterocycles. The molecule has 1 nitrogen and oxygen atoms in total. The molecule has 0 amide bonds. The molecule has 0 saturated heterocycles. The van der Waals surface area contributed by atoms with E-state index in [0.29, 0.717) is 0 Å². The Morgan fingerprint density at radius 3 is 1.65 bits per heavy atom. The summed E-state index contributed by atoms with van der Waals surface area (Å²) in [4.78, 5) is 0. The zero-order valence-electron chi connectivity index (χ0n) is 14.7. The number of rotatable bonds is 16. The molecule has 0 bridgehead atoms. The lowest BCUT2D eigenvalue weighted by Crippen LogP contribution is -2.29. The van der Waals surface area contributed by atoms with Crippen LogP contribution in [-0.4, -0.2) is 12.6 Å². The molecule has 1 heteroatoms. The van der Waals surface area contributed by atoms with Crippen LogP contribution in [0.15, 0.2) is 0 Å². The minimum atomic E-state index is 0.786. The molecule has 122 valence electrons. The second-order valence-corrected chi connectivity index (χ2v) is 6.41. The van der Waals surface area contributed by atoms with Crippen molar-refractivity contribution >= 4 is 0 Å². The summed E-state index contributed by atoms with van der Waals surface area (Å²) in [7, 11) is 0. The normalized spacial score (nSPS) is 12.8. The summed E-state index contributed by atoms with van der Waals surface area (Å²) in [5.74, 6) is 0. The lowest BCUT2D eigenvalue weighted by molar-refractivity contribution is 0.426. The van der Waals surface area contributed by atoms with Crippen molar-refractivity contribution in [2.75, 3.05) is 6.54 Å². The predicted octanol–water partition coefficient (Wildman–Crippen LogP) is 6.47. The van der Waals surface area contributed by atoms with E-state index in [2.05, 4.69) is 26.1 Å². The predicted molar refractivity (Wildman–Crippen MR) is 93.5 cm³/mol. The summed E-state index contributed by atoms with van der Waals surface area (Å²) in [6.45, 7) is 8.13. The zero-order chi connectivity index (χ0) is 14.9. The van der Waals surface area contributed by atoms with Gasteiger partial charge in [0.25, 0.3) is 0 Å². The molecule has 0 saturated carbocycles. The van der Waals surface area contributed by atoms with Gasteiger partial charge in [-0.05, 0) is 25.8 Å². The first-order valence-corrected chi connectivity index (χ1v) is 9.58. The van der Waals surface area contributed by atoms with E-state index in [1.54, 1.807) is 0 Å². The van der Waals surface area contributed by atoms with Crippen LogP contribution in [-0.2, 0) is 0 Å². The second-order valence-electron chi connectivity index (χ2n) is 6.41. The third-order valence-corrected chi connectivity index (χ3v) is 4.26. The van der Waals surface area contributed by atoms with Gasteiger partial charge < -0.3 is 5.32 Å².